The van der Waals surface area contributed by atoms with Crippen LogP contribution in [0.4, 0.5) is 0 Å². The average molecular weight is 471 g/mol. The summed E-state index contributed by atoms with van der Waals surface area (Å²) in [5.41, 5.74) is 0. The molecular formula is C17H29NO14. The standard InChI is InChI=1S/C17H29NO14/c1-5(21)18-9-6(22)2-17(16(28)29,31-13(9)10(24)7(23)3-19)32-14-11(25)8(4-20)30-15(27)12(14)26/h6-15,19-20,22-27H,2-4H2,1H3,(H,18,21)(H,28,29)/t6-,7+,8+,9+,10+,11-,12+,13+,14-,15+,17+/m0/s1. The first kappa shape index (κ1) is 26.7. The number of carbonyl (C=O) groups excluding carboxylic acids is 1. The fraction of sp³-hybridized carbons (Fsp3) is 0.882. The number of carboxylic acid groups (broad SMARTS) is 1. The molecule has 1 amide bonds. The highest BCUT2D eigenvalue weighted by Crippen LogP contribution is 2.37. The van der Waals surface area contributed by atoms with Gasteiger partial charge in [-0.2, -0.15) is 0 Å². The molecular weight excluding hydrogens is 442 g/mol. The van der Waals surface area contributed by atoms with Crippen molar-refractivity contribution in [2.45, 2.75) is 80.3 Å². The minimum absolute atomic E-state index is 0.693. The average Bonchev–Trinajstić information content (AvgIpc) is 2.73. The Morgan fingerprint density at radius 1 is 1.16 bits per heavy atom. The van der Waals surface area contributed by atoms with Crippen LogP contribution in [-0.4, -0.2) is 138 Å². The van der Waals surface area contributed by atoms with Crippen molar-refractivity contribution in [3.8, 4) is 0 Å². The second-order valence-corrected chi connectivity index (χ2v) is 7.69. The highest BCUT2D eigenvalue weighted by Gasteiger charge is 2.59. The molecule has 0 saturated carbocycles. The molecule has 0 bridgehead atoms. The van der Waals surface area contributed by atoms with Gasteiger partial charge in [-0.05, 0) is 0 Å². The summed E-state index contributed by atoms with van der Waals surface area (Å²) >= 11 is 0. The third-order valence-electron chi connectivity index (χ3n) is 5.35. The molecule has 2 saturated heterocycles. The Hall–Kier alpha value is -1.50. The first-order valence-corrected chi connectivity index (χ1v) is 9.70. The summed E-state index contributed by atoms with van der Waals surface area (Å²) in [5, 5.41) is 91.5. The van der Waals surface area contributed by atoms with Gasteiger partial charge in [0.15, 0.2) is 6.29 Å². The Morgan fingerprint density at radius 2 is 1.78 bits per heavy atom. The molecule has 2 aliphatic rings. The summed E-state index contributed by atoms with van der Waals surface area (Å²) in [4.78, 5) is 23.6. The van der Waals surface area contributed by atoms with E-state index in [-0.39, 0.29) is 0 Å². The zero-order chi connectivity index (χ0) is 24.4. The molecule has 0 aliphatic carbocycles. The summed E-state index contributed by atoms with van der Waals surface area (Å²) in [7, 11) is 0. The second-order valence-electron chi connectivity index (χ2n) is 7.69. The van der Waals surface area contributed by atoms with Crippen LogP contribution < -0.4 is 5.32 Å². The number of carboxylic acids is 1. The number of carbonyl (C=O) groups is 2. The number of rotatable bonds is 8. The molecule has 2 rings (SSSR count). The Bertz CT molecular complexity index is 665. The van der Waals surface area contributed by atoms with Crippen LogP contribution >= 0.6 is 0 Å². The van der Waals surface area contributed by atoms with Crippen molar-refractivity contribution in [2.75, 3.05) is 13.2 Å². The van der Waals surface area contributed by atoms with Crippen molar-refractivity contribution in [1.82, 2.24) is 5.32 Å². The van der Waals surface area contributed by atoms with E-state index in [4.69, 9.17) is 19.3 Å². The van der Waals surface area contributed by atoms with E-state index in [1.807, 2.05) is 0 Å². The lowest BCUT2D eigenvalue weighted by atomic mass is 9.88. The molecule has 0 unspecified atom stereocenters. The zero-order valence-electron chi connectivity index (χ0n) is 17.0. The van der Waals surface area contributed by atoms with Crippen molar-refractivity contribution in [3.05, 3.63) is 0 Å². The van der Waals surface area contributed by atoms with Gasteiger partial charge in [-0.3, -0.25) is 4.79 Å². The Balaban J connectivity index is 2.42. The zero-order valence-corrected chi connectivity index (χ0v) is 17.0. The van der Waals surface area contributed by atoms with Crippen LogP contribution in [0, 0.1) is 0 Å². The maximum atomic E-state index is 12.1. The molecule has 0 aromatic carbocycles. The maximum Gasteiger partial charge on any atom is 0.364 e. The summed E-state index contributed by atoms with van der Waals surface area (Å²) < 4.78 is 15.5. The molecule has 15 nitrogen and oxygen atoms in total. The molecule has 2 heterocycles. The monoisotopic (exact) mass is 471 g/mol. The van der Waals surface area contributed by atoms with Crippen LogP contribution in [0.3, 0.4) is 0 Å². The van der Waals surface area contributed by atoms with Crippen LogP contribution in [0.2, 0.25) is 0 Å². The number of nitrogens with one attached hydrogen (secondary N) is 1. The van der Waals surface area contributed by atoms with Gasteiger partial charge < -0.3 is 65.5 Å². The lowest BCUT2D eigenvalue weighted by Crippen LogP contribution is -2.70. The summed E-state index contributed by atoms with van der Waals surface area (Å²) in [6.07, 6.45) is -17.6. The molecule has 11 atom stereocenters. The Labute approximate surface area is 181 Å². The summed E-state index contributed by atoms with van der Waals surface area (Å²) in [5.74, 6) is -5.44. The highest BCUT2D eigenvalue weighted by molar-refractivity contribution is 5.76. The molecule has 0 aromatic rings. The molecule has 0 radical (unpaired) electrons. The smallest absolute Gasteiger partial charge is 0.364 e. The van der Waals surface area contributed by atoms with E-state index in [0.717, 1.165) is 6.92 Å². The highest BCUT2D eigenvalue weighted by atomic mass is 16.7. The third kappa shape index (κ3) is 5.35. The fourth-order valence-electron chi connectivity index (χ4n) is 3.67. The Morgan fingerprint density at radius 3 is 2.28 bits per heavy atom. The number of aliphatic hydroxyl groups excluding tert-OH is 8. The van der Waals surface area contributed by atoms with Gasteiger partial charge in [-0.1, -0.05) is 0 Å². The van der Waals surface area contributed by atoms with E-state index in [2.05, 4.69) is 5.32 Å². The van der Waals surface area contributed by atoms with Gasteiger partial charge in [0.1, 0.15) is 42.7 Å². The minimum atomic E-state index is -2.86. The summed E-state index contributed by atoms with van der Waals surface area (Å²) in [6.45, 7) is -0.741. The van der Waals surface area contributed by atoms with Crippen LogP contribution in [0.5, 0.6) is 0 Å². The second kappa shape index (κ2) is 10.6. The van der Waals surface area contributed by atoms with E-state index in [1.165, 1.54) is 0 Å². The fourth-order valence-corrected chi connectivity index (χ4v) is 3.67. The van der Waals surface area contributed by atoms with Gasteiger partial charge in [-0.15, -0.1) is 0 Å². The SMILES string of the molecule is CC(=O)N[C@H]1[C@H]([C@H](O)[C@H](O)CO)O[C@](O[C@@H]2[C@@H](O)[C@H](O)O[C@H](CO)[C@@H]2O)(C(=O)O)C[C@@H]1O. The molecule has 186 valence electrons. The van der Waals surface area contributed by atoms with Gasteiger partial charge in [-0.25, -0.2) is 4.79 Å². The largest absolute Gasteiger partial charge is 0.477 e. The van der Waals surface area contributed by atoms with Crippen molar-refractivity contribution in [3.63, 3.8) is 0 Å². The van der Waals surface area contributed by atoms with Crippen LogP contribution in [0.25, 0.3) is 0 Å². The predicted molar refractivity (Wildman–Crippen MR) is 97.4 cm³/mol. The van der Waals surface area contributed by atoms with Gasteiger partial charge in [0.05, 0.1) is 25.4 Å². The van der Waals surface area contributed by atoms with Gasteiger partial charge >= 0.3 is 5.97 Å². The molecule has 32 heavy (non-hydrogen) atoms. The minimum Gasteiger partial charge on any atom is -0.477 e. The van der Waals surface area contributed by atoms with E-state index >= 15 is 0 Å². The van der Waals surface area contributed by atoms with E-state index in [9.17, 15) is 50.4 Å². The van der Waals surface area contributed by atoms with Crippen LogP contribution in [0.1, 0.15) is 13.3 Å². The topological polar surface area (TPSA) is 256 Å². The molecule has 0 spiro atoms. The molecule has 2 aliphatic heterocycles. The van der Waals surface area contributed by atoms with Crippen molar-refractivity contribution in [1.29, 1.82) is 0 Å². The van der Waals surface area contributed by atoms with E-state index in [0.29, 0.717) is 0 Å². The summed E-state index contributed by atoms with van der Waals surface area (Å²) in [6, 6.07) is -1.44. The quantitative estimate of drug-likeness (QED) is 0.158. The molecule has 0 aromatic heterocycles. The molecule has 10 N–H and O–H groups in total. The number of hydrogen-bond donors (Lipinski definition) is 10. The first-order valence-electron chi connectivity index (χ1n) is 9.70. The number of amides is 1. The molecule has 2 fully saturated rings. The van der Waals surface area contributed by atoms with Crippen LogP contribution in [-0.2, 0) is 23.8 Å². The number of hydrogen-bond acceptors (Lipinski definition) is 13. The normalized spacial score (nSPS) is 42.2. The van der Waals surface area contributed by atoms with E-state index in [1.54, 1.807) is 0 Å². The van der Waals surface area contributed by atoms with Crippen molar-refractivity contribution in [2.24, 2.45) is 0 Å². The van der Waals surface area contributed by atoms with Crippen LogP contribution in [0.15, 0.2) is 0 Å². The first-order chi connectivity index (χ1) is 14.9. The maximum absolute atomic E-state index is 12.1. The van der Waals surface area contributed by atoms with Crippen molar-refractivity contribution < 1.29 is 69.8 Å². The van der Waals surface area contributed by atoms with Crippen molar-refractivity contribution >= 4 is 11.9 Å². The Kier molecular flexibility index (Phi) is 8.88. The lowest BCUT2D eigenvalue weighted by molar-refractivity contribution is -0.366. The molecule has 15 heteroatoms. The number of aliphatic hydroxyl groups is 8. The number of ether oxygens (including phenoxy) is 3. The van der Waals surface area contributed by atoms with Gasteiger partial charge in [0.25, 0.3) is 5.79 Å². The third-order valence-corrected chi connectivity index (χ3v) is 5.35. The number of aliphatic carboxylic acids is 1. The van der Waals surface area contributed by atoms with Gasteiger partial charge in [0, 0.05) is 13.3 Å². The van der Waals surface area contributed by atoms with E-state index < -0.39 is 98.5 Å². The van der Waals surface area contributed by atoms with Gasteiger partial charge in [0.2, 0.25) is 5.91 Å². The lowest BCUT2D eigenvalue weighted by Gasteiger charge is -2.49. The predicted octanol–water partition coefficient (Wildman–Crippen LogP) is -6.05.